The van der Waals surface area contributed by atoms with Gasteiger partial charge in [-0.1, -0.05) is 200 Å². The summed E-state index contributed by atoms with van der Waals surface area (Å²) in [5.74, 6) is 0. The van der Waals surface area contributed by atoms with E-state index in [2.05, 4.69) is 43.1 Å². The Kier molecular flexibility index (Phi) is 28.8. The zero-order valence-corrected chi connectivity index (χ0v) is 29.0. The molecule has 244 valence electrons. The highest BCUT2D eigenvalue weighted by Gasteiger charge is 2.22. The van der Waals surface area contributed by atoms with Gasteiger partial charge in [-0.25, -0.2) is 0 Å². The van der Waals surface area contributed by atoms with Gasteiger partial charge in [0.1, 0.15) is 6.17 Å². The zero-order chi connectivity index (χ0) is 29.5. The van der Waals surface area contributed by atoms with Crippen LogP contribution in [0.2, 0.25) is 0 Å². The second-order valence-corrected chi connectivity index (χ2v) is 13.7. The third kappa shape index (κ3) is 24.5. The molecule has 2 heteroatoms. The molecule has 1 unspecified atom stereocenters. The summed E-state index contributed by atoms with van der Waals surface area (Å²) in [7, 11) is 2.28. The average Bonchev–Trinajstić information content (AvgIpc) is 3.33. The Morgan fingerprint density at radius 3 is 1.00 bits per heavy atom. The van der Waals surface area contributed by atoms with Gasteiger partial charge in [-0.2, -0.15) is 0 Å². The molecule has 1 atom stereocenters. The summed E-state index contributed by atoms with van der Waals surface area (Å²) in [5, 5.41) is 0. The van der Waals surface area contributed by atoms with Crippen molar-refractivity contribution in [1.82, 2.24) is 9.80 Å². The number of rotatable bonds is 33. The van der Waals surface area contributed by atoms with Crippen molar-refractivity contribution in [3.8, 4) is 0 Å². The highest BCUT2D eigenvalue weighted by molar-refractivity contribution is 4.95. The van der Waals surface area contributed by atoms with Crippen molar-refractivity contribution >= 4 is 0 Å². The number of nitrogens with zero attached hydrogens (tertiary/aromatic N) is 2. The van der Waals surface area contributed by atoms with E-state index in [1.807, 2.05) is 0 Å². The minimum Gasteiger partial charge on any atom is -0.359 e. The summed E-state index contributed by atoms with van der Waals surface area (Å²) in [5.41, 5.74) is 0. The van der Waals surface area contributed by atoms with E-state index in [4.69, 9.17) is 0 Å². The molecule has 2 nitrogen and oxygen atoms in total. The van der Waals surface area contributed by atoms with Crippen LogP contribution in [0.15, 0.2) is 12.4 Å². The molecule has 0 radical (unpaired) electrons. The predicted octanol–water partition coefficient (Wildman–Crippen LogP) is 13.6. The summed E-state index contributed by atoms with van der Waals surface area (Å²) < 4.78 is 0. The molecular formula is C39H78N2. The van der Waals surface area contributed by atoms with Crippen LogP contribution in [0.1, 0.15) is 219 Å². The molecule has 0 amide bonds. The van der Waals surface area contributed by atoms with Crippen LogP contribution in [0.25, 0.3) is 0 Å². The van der Waals surface area contributed by atoms with Gasteiger partial charge in [0.2, 0.25) is 0 Å². The highest BCUT2D eigenvalue weighted by atomic mass is 15.4. The van der Waals surface area contributed by atoms with Crippen LogP contribution in [-0.2, 0) is 0 Å². The molecule has 1 aliphatic heterocycles. The third-order valence-corrected chi connectivity index (χ3v) is 9.68. The van der Waals surface area contributed by atoms with E-state index < -0.39 is 0 Å². The van der Waals surface area contributed by atoms with Gasteiger partial charge in [-0.05, 0) is 19.3 Å². The summed E-state index contributed by atoms with van der Waals surface area (Å²) in [4.78, 5) is 5.09. The van der Waals surface area contributed by atoms with E-state index in [0.29, 0.717) is 6.17 Å². The van der Waals surface area contributed by atoms with Crippen molar-refractivity contribution < 1.29 is 0 Å². The Hall–Kier alpha value is -0.660. The molecule has 0 spiro atoms. The number of hydrogen-bond donors (Lipinski definition) is 0. The third-order valence-electron chi connectivity index (χ3n) is 9.68. The predicted molar refractivity (Wildman–Crippen MR) is 186 cm³/mol. The molecule has 0 saturated carbocycles. The van der Waals surface area contributed by atoms with Crippen molar-refractivity contribution in [2.45, 2.75) is 225 Å². The lowest BCUT2D eigenvalue weighted by atomic mass is 10.0. The first-order chi connectivity index (χ1) is 20.3. The Balaban J connectivity index is 1.85. The molecule has 0 bridgehead atoms. The molecule has 0 saturated heterocycles. The van der Waals surface area contributed by atoms with Crippen molar-refractivity contribution in [3.63, 3.8) is 0 Å². The number of unbranched alkanes of at least 4 members (excludes halogenated alkanes) is 29. The van der Waals surface area contributed by atoms with E-state index >= 15 is 0 Å². The van der Waals surface area contributed by atoms with Crippen LogP contribution < -0.4 is 0 Å². The summed E-state index contributed by atoms with van der Waals surface area (Å²) in [6.45, 7) is 5.87. The van der Waals surface area contributed by atoms with Crippen LogP contribution in [-0.4, -0.2) is 29.6 Å². The van der Waals surface area contributed by atoms with Crippen molar-refractivity contribution in [3.05, 3.63) is 12.4 Å². The summed E-state index contributed by atoms with van der Waals surface area (Å²) in [6.07, 6.45) is 51.6. The maximum atomic E-state index is 2.63. The molecule has 0 N–H and O–H groups in total. The topological polar surface area (TPSA) is 6.48 Å². The smallest absolute Gasteiger partial charge is 0.100 e. The van der Waals surface area contributed by atoms with Crippen LogP contribution in [0.3, 0.4) is 0 Å². The van der Waals surface area contributed by atoms with Gasteiger partial charge >= 0.3 is 0 Å². The minimum absolute atomic E-state index is 0.619. The molecule has 0 fully saturated rings. The Morgan fingerprint density at radius 1 is 0.366 bits per heavy atom. The fraction of sp³-hybridized carbons (Fsp3) is 0.949. The minimum atomic E-state index is 0.619. The van der Waals surface area contributed by atoms with Gasteiger partial charge in [0.15, 0.2) is 0 Å². The molecule has 0 aliphatic carbocycles. The van der Waals surface area contributed by atoms with Gasteiger partial charge < -0.3 is 9.80 Å². The Morgan fingerprint density at radius 2 is 0.659 bits per heavy atom. The van der Waals surface area contributed by atoms with Gasteiger partial charge in [-0.3, -0.25) is 0 Å². The monoisotopic (exact) mass is 575 g/mol. The SMILES string of the molecule is CCCCCCCCCCCCCCCCCCCN1C=CN(C)C1CCCCCCCCCCCCCCCC. The second-order valence-electron chi connectivity index (χ2n) is 13.7. The first-order valence-corrected chi connectivity index (χ1v) is 19.5. The highest BCUT2D eigenvalue weighted by Crippen LogP contribution is 2.22. The Labute approximate surface area is 260 Å². The van der Waals surface area contributed by atoms with Gasteiger partial charge in [0, 0.05) is 26.0 Å². The van der Waals surface area contributed by atoms with E-state index in [-0.39, 0.29) is 0 Å². The molecule has 0 aromatic rings. The normalized spacial score (nSPS) is 15.0. The molecule has 1 rings (SSSR count). The summed E-state index contributed by atoms with van der Waals surface area (Å²) in [6, 6.07) is 0. The molecule has 0 aromatic heterocycles. The van der Waals surface area contributed by atoms with Crippen LogP contribution in [0.4, 0.5) is 0 Å². The van der Waals surface area contributed by atoms with Gasteiger partial charge in [0.25, 0.3) is 0 Å². The zero-order valence-electron chi connectivity index (χ0n) is 29.0. The van der Waals surface area contributed by atoms with Gasteiger partial charge in [-0.15, -0.1) is 0 Å². The fourth-order valence-electron chi connectivity index (χ4n) is 6.76. The summed E-state index contributed by atoms with van der Waals surface area (Å²) >= 11 is 0. The standard InChI is InChI=1S/C39H78N2/c1-4-6-8-10-12-14-16-18-20-21-22-24-26-28-30-32-34-36-41-38-37-40(3)39(41)35-33-31-29-27-25-23-19-17-15-13-11-9-7-5-2/h37-39H,4-36H2,1-3H3. The largest absolute Gasteiger partial charge is 0.359 e. The van der Waals surface area contributed by atoms with E-state index in [9.17, 15) is 0 Å². The Bertz CT molecular complexity index is 530. The van der Waals surface area contributed by atoms with Crippen molar-refractivity contribution in [2.24, 2.45) is 0 Å². The lowest BCUT2D eigenvalue weighted by Crippen LogP contribution is -2.37. The molecular weight excluding hydrogens is 496 g/mol. The van der Waals surface area contributed by atoms with E-state index in [1.165, 1.54) is 212 Å². The quantitative estimate of drug-likeness (QED) is 0.0719. The maximum absolute atomic E-state index is 2.63. The molecule has 0 aromatic carbocycles. The van der Waals surface area contributed by atoms with Crippen molar-refractivity contribution in [2.75, 3.05) is 13.6 Å². The lowest BCUT2D eigenvalue weighted by molar-refractivity contribution is 0.159. The number of hydrogen-bond acceptors (Lipinski definition) is 2. The van der Waals surface area contributed by atoms with Crippen LogP contribution in [0, 0.1) is 0 Å². The molecule has 41 heavy (non-hydrogen) atoms. The second kappa shape index (κ2) is 30.8. The lowest BCUT2D eigenvalue weighted by Gasteiger charge is -2.30. The molecule has 1 heterocycles. The van der Waals surface area contributed by atoms with Crippen LogP contribution >= 0.6 is 0 Å². The molecule has 1 aliphatic rings. The average molecular weight is 575 g/mol. The first-order valence-electron chi connectivity index (χ1n) is 19.5. The van der Waals surface area contributed by atoms with Crippen molar-refractivity contribution in [1.29, 1.82) is 0 Å². The first kappa shape index (κ1) is 38.4. The maximum Gasteiger partial charge on any atom is 0.100 e. The van der Waals surface area contributed by atoms with Crippen LogP contribution in [0.5, 0.6) is 0 Å². The van der Waals surface area contributed by atoms with E-state index in [1.54, 1.807) is 0 Å². The van der Waals surface area contributed by atoms with E-state index in [0.717, 1.165) is 0 Å². The van der Waals surface area contributed by atoms with Gasteiger partial charge in [0.05, 0.1) is 0 Å². The fourth-order valence-corrected chi connectivity index (χ4v) is 6.76.